The van der Waals surface area contributed by atoms with Gasteiger partial charge in [-0.05, 0) is 37.8 Å². The maximum Gasteiger partial charge on any atom is 0.159 e. The average Bonchev–Trinajstić information content (AvgIpc) is 3.29. The fourth-order valence-corrected chi connectivity index (χ4v) is 2.41. The molecule has 1 fully saturated rings. The van der Waals surface area contributed by atoms with E-state index in [4.69, 9.17) is 9.84 Å². The standard InChI is InChI=1S/C17H25NO4/c1-13(20)15-3-2-4-17(9-15)22-12-16(21)11-18(7-8-19)10-14-5-6-14/h2-4,9,14,16,19,21H,5-8,10-12H2,1H3/t16-/m1/s1. The summed E-state index contributed by atoms with van der Waals surface area (Å²) in [6.07, 6.45) is 1.87. The van der Waals surface area contributed by atoms with Gasteiger partial charge in [-0.1, -0.05) is 12.1 Å². The van der Waals surface area contributed by atoms with E-state index in [2.05, 4.69) is 4.90 Å². The number of aliphatic hydroxyl groups is 2. The van der Waals surface area contributed by atoms with Crippen LogP contribution in [0.3, 0.4) is 0 Å². The van der Waals surface area contributed by atoms with Crippen molar-refractivity contribution < 1.29 is 19.7 Å². The topological polar surface area (TPSA) is 70.0 Å². The molecule has 2 rings (SSSR count). The molecule has 0 amide bonds. The highest BCUT2D eigenvalue weighted by Crippen LogP contribution is 2.29. The van der Waals surface area contributed by atoms with Crippen LogP contribution in [0.2, 0.25) is 0 Å². The molecule has 2 N–H and O–H groups in total. The van der Waals surface area contributed by atoms with Crippen LogP contribution in [-0.4, -0.2) is 59.8 Å². The summed E-state index contributed by atoms with van der Waals surface area (Å²) in [5.74, 6) is 1.29. The van der Waals surface area contributed by atoms with E-state index in [9.17, 15) is 9.90 Å². The van der Waals surface area contributed by atoms with E-state index in [0.717, 1.165) is 6.54 Å². The molecule has 1 saturated carbocycles. The number of Topliss-reactive ketones (excluding diaryl/α,β-unsaturated/α-hetero) is 1. The lowest BCUT2D eigenvalue weighted by molar-refractivity contribution is 0.0601. The van der Waals surface area contributed by atoms with E-state index >= 15 is 0 Å². The van der Waals surface area contributed by atoms with Gasteiger partial charge in [0.05, 0.1) is 6.61 Å². The zero-order valence-electron chi connectivity index (χ0n) is 13.1. The highest BCUT2D eigenvalue weighted by atomic mass is 16.5. The number of rotatable bonds is 10. The van der Waals surface area contributed by atoms with E-state index in [1.54, 1.807) is 24.3 Å². The van der Waals surface area contributed by atoms with Crippen LogP contribution in [-0.2, 0) is 0 Å². The summed E-state index contributed by atoms with van der Waals surface area (Å²) in [7, 11) is 0. The normalized spacial score (nSPS) is 15.8. The van der Waals surface area contributed by atoms with E-state index in [1.165, 1.54) is 19.8 Å². The number of carbonyl (C=O) groups excluding carboxylic acids is 1. The van der Waals surface area contributed by atoms with Crippen molar-refractivity contribution in [3.8, 4) is 5.75 Å². The molecule has 0 bridgehead atoms. The molecule has 0 aromatic heterocycles. The molecule has 122 valence electrons. The highest BCUT2D eigenvalue weighted by molar-refractivity contribution is 5.94. The number of ether oxygens (including phenoxy) is 1. The fourth-order valence-electron chi connectivity index (χ4n) is 2.41. The van der Waals surface area contributed by atoms with Crippen molar-refractivity contribution in [3.63, 3.8) is 0 Å². The lowest BCUT2D eigenvalue weighted by Crippen LogP contribution is -2.38. The summed E-state index contributed by atoms with van der Waals surface area (Å²) in [6.45, 7) is 3.78. The van der Waals surface area contributed by atoms with Crippen molar-refractivity contribution in [3.05, 3.63) is 29.8 Å². The number of ketones is 1. The second-order valence-corrected chi connectivity index (χ2v) is 5.98. The van der Waals surface area contributed by atoms with Gasteiger partial charge in [-0.15, -0.1) is 0 Å². The number of nitrogens with zero attached hydrogens (tertiary/aromatic N) is 1. The van der Waals surface area contributed by atoms with Crippen molar-refractivity contribution in [1.82, 2.24) is 4.90 Å². The molecule has 0 unspecified atom stereocenters. The maximum atomic E-state index is 11.3. The lowest BCUT2D eigenvalue weighted by Gasteiger charge is -2.24. The van der Waals surface area contributed by atoms with Crippen LogP contribution >= 0.6 is 0 Å². The Morgan fingerprint density at radius 2 is 2.23 bits per heavy atom. The lowest BCUT2D eigenvalue weighted by atomic mass is 10.1. The van der Waals surface area contributed by atoms with E-state index < -0.39 is 6.10 Å². The average molecular weight is 307 g/mol. The molecule has 5 heteroatoms. The second kappa shape index (κ2) is 8.27. The Bertz CT molecular complexity index is 487. The largest absolute Gasteiger partial charge is 0.491 e. The van der Waals surface area contributed by atoms with Gasteiger partial charge in [-0.25, -0.2) is 0 Å². The number of hydrogen-bond donors (Lipinski definition) is 2. The van der Waals surface area contributed by atoms with Crippen molar-refractivity contribution in [2.75, 3.05) is 32.8 Å². The van der Waals surface area contributed by atoms with E-state index in [-0.39, 0.29) is 19.0 Å². The summed E-state index contributed by atoms with van der Waals surface area (Å²) in [6, 6.07) is 6.97. The third kappa shape index (κ3) is 5.75. The second-order valence-electron chi connectivity index (χ2n) is 5.98. The van der Waals surface area contributed by atoms with Crippen molar-refractivity contribution in [1.29, 1.82) is 0 Å². The van der Waals surface area contributed by atoms with Gasteiger partial charge in [0.2, 0.25) is 0 Å². The van der Waals surface area contributed by atoms with Gasteiger partial charge in [0.1, 0.15) is 18.5 Å². The first-order valence-corrected chi connectivity index (χ1v) is 7.83. The molecule has 0 radical (unpaired) electrons. The first-order chi connectivity index (χ1) is 10.6. The molecule has 0 spiro atoms. The van der Waals surface area contributed by atoms with Gasteiger partial charge in [0.15, 0.2) is 5.78 Å². The van der Waals surface area contributed by atoms with E-state index in [1.807, 2.05) is 0 Å². The Morgan fingerprint density at radius 1 is 1.45 bits per heavy atom. The third-order valence-corrected chi connectivity index (χ3v) is 3.78. The van der Waals surface area contributed by atoms with Gasteiger partial charge in [0, 0.05) is 25.2 Å². The molecule has 1 aliphatic rings. The van der Waals surface area contributed by atoms with E-state index in [0.29, 0.717) is 30.3 Å². The number of carbonyl (C=O) groups is 1. The van der Waals surface area contributed by atoms with Crippen LogP contribution in [0.1, 0.15) is 30.1 Å². The summed E-state index contributed by atoms with van der Waals surface area (Å²) in [4.78, 5) is 13.4. The van der Waals surface area contributed by atoms with Crippen LogP contribution in [0.4, 0.5) is 0 Å². The zero-order valence-corrected chi connectivity index (χ0v) is 13.1. The van der Waals surface area contributed by atoms with Crippen LogP contribution in [0.15, 0.2) is 24.3 Å². The van der Waals surface area contributed by atoms with Crippen molar-refractivity contribution in [2.45, 2.75) is 25.9 Å². The van der Waals surface area contributed by atoms with Crippen LogP contribution in [0.5, 0.6) is 5.75 Å². The highest BCUT2D eigenvalue weighted by Gasteiger charge is 2.25. The van der Waals surface area contributed by atoms with Crippen molar-refractivity contribution in [2.24, 2.45) is 5.92 Å². The molecule has 1 atom stereocenters. The molecule has 0 heterocycles. The smallest absolute Gasteiger partial charge is 0.159 e. The predicted octanol–water partition coefficient (Wildman–Crippen LogP) is 1.33. The number of hydrogen-bond acceptors (Lipinski definition) is 5. The molecule has 5 nitrogen and oxygen atoms in total. The van der Waals surface area contributed by atoms with Crippen LogP contribution in [0, 0.1) is 5.92 Å². The molecule has 1 aliphatic carbocycles. The van der Waals surface area contributed by atoms with Gasteiger partial charge in [-0.3, -0.25) is 9.69 Å². The Morgan fingerprint density at radius 3 is 2.86 bits per heavy atom. The predicted molar refractivity (Wildman–Crippen MR) is 84.2 cm³/mol. The maximum absolute atomic E-state index is 11.3. The van der Waals surface area contributed by atoms with Gasteiger partial charge >= 0.3 is 0 Å². The quantitative estimate of drug-likeness (QED) is 0.638. The number of aliphatic hydroxyl groups excluding tert-OH is 2. The molecule has 1 aromatic carbocycles. The van der Waals surface area contributed by atoms with Crippen LogP contribution in [0.25, 0.3) is 0 Å². The monoisotopic (exact) mass is 307 g/mol. The fraction of sp³-hybridized carbons (Fsp3) is 0.588. The Kier molecular flexibility index (Phi) is 6.36. The van der Waals surface area contributed by atoms with Gasteiger partial charge < -0.3 is 14.9 Å². The Labute approximate surface area is 131 Å². The first-order valence-electron chi connectivity index (χ1n) is 7.83. The van der Waals surface area contributed by atoms with Crippen LogP contribution < -0.4 is 4.74 Å². The molecule has 0 aliphatic heterocycles. The molecular weight excluding hydrogens is 282 g/mol. The number of benzene rings is 1. The third-order valence-electron chi connectivity index (χ3n) is 3.78. The Balaban J connectivity index is 1.79. The van der Waals surface area contributed by atoms with Gasteiger partial charge in [0.25, 0.3) is 0 Å². The minimum Gasteiger partial charge on any atom is -0.491 e. The molecule has 1 aromatic rings. The summed E-state index contributed by atoms with van der Waals surface area (Å²) in [5.41, 5.74) is 0.600. The minimum absolute atomic E-state index is 0.00967. The van der Waals surface area contributed by atoms with Gasteiger partial charge in [-0.2, -0.15) is 0 Å². The minimum atomic E-state index is -0.619. The Hall–Kier alpha value is -1.43. The van der Waals surface area contributed by atoms with Crippen molar-refractivity contribution >= 4 is 5.78 Å². The zero-order chi connectivity index (χ0) is 15.9. The molecule has 22 heavy (non-hydrogen) atoms. The summed E-state index contributed by atoms with van der Waals surface area (Å²) in [5, 5.41) is 19.2. The SMILES string of the molecule is CC(=O)c1cccc(OC[C@H](O)CN(CCO)CC2CC2)c1. The molecule has 0 saturated heterocycles. The molecular formula is C17H25NO4. The summed E-state index contributed by atoms with van der Waals surface area (Å²) >= 11 is 0. The summed E-state index contributed by atoms with van der Waals surface area (Å²) < 4.78 is 5.57. The first kappa shape index (κ1) is 16.9.